The Hall–Kier alpha value is -0.870. The summed E-state index contributed by atoms with van der Waals surface area (Å²) in [6.07, 6.45) is 2.21. The first-order valence-electron chi connectivity index (χ1n) is 6.22. The molecule has 2 rings (SSSR count). The lowest BCUT2D eigenvalue weighted by Gasteiger charge is -2.20. The molecule has 1 atom stereocenters. The van der Waals surface area contributed by atoms with Crippen LogP contribution in [-0.4, -0.2) is 35.6 Å². The SMILES string of the molecule is CN(CC(O)C1CC1)C(=O)Cc1cccc(Br)c1. The van der Waals surface area contributed by atoms with Gasteiger partial charge in [-0.25, -0.2) is 0 Å². The summed E-state index contributed by atoms with van der Waals surface area (Å²) >= 11 is 3.39. The van der Waals surface area contributed by atoms with Crippen LogP contribution in [0.25, 0.3) is 0 Å². The number of nitrogens with zero attached hydrogens (tertiary/aromatic N) is 1. The van der Waals surface area contributed by atoms with E-state index >= 15 is 0 Å². The monoisotopic (exact) mass is 311 g/mol. The molecule has 1 aliphatic rings. The fraction of sp³-hybridized carbons (Fsp3) is 0.500. The van der Waals surface area contributed by atoms with Crippen LogP contribution in [0, 0.1) is 5.92 Å². The molecule has 0 bridgehead atoms. The standard InChI is InChI=1S/C14H18BrNO2/c1-16(9-13(17)11-5-6-11)14(18)8-10-3-2-4-12(15)7-10/h2-4,7,11,13,17H,5-6,8-9H2,1H3. The number of rotatable bonds is 5. The minimum absolute atomic E-state index is 0.0489. The zero-order chi connectivity index (χ0) is 13.1. The number of hydrogen-bond acceptors (Lipinski definition) is 2. The predicted octanol–water partition coefficient (Wildman–Crippen LogP) is 2.22. The first-order valence-corrected chi connectivity index (χ1v) is 7.02. The van der Waals surface area contributed by atoms with Gasteiger partial charge in [0.2, 0.25) is 5.91 Å². The predicted molar refractivity (Wildman–Crippen MR) is 74.2 cm³/mol. The number of halogens is 1. The maximum atomic E-state index is 12.0. The van der Waals surface area contributed by atoms with Gasteiger partial charge in [0.05, 0.1) is 12.5 Å². The van der Waals surface area contributed by atoms with E-state index in [-0.39, 0.29) is 12.0 Å². The molecule has 1 aromatic rings. The van der Waals surface area contributed by atoms with Crippen LogP contribution >= 0.6 is 15.9 Å². The molecule has 98 valence electrons. The smallest absolute Gasteiger partial charge is 0.226 e. The fourth-order valence-corrected chi connectivity index (χ4v) is 2.42. The average Bonchev–Trinajstić information content (AvgIpc) is 3.12. The van der Waals surface area contributed by atoms with Crippen molar-refractivity contribution in [1.82, 2.24) is 4.90 Å². The first-order chi connectivity index (χ1) is 8.56. The third kappa shape index (κ3) is 3.82. The van der Waals surface area contributed by atoms with Crippen LogP contribution in [0.1, 0.15) is 18.4 Å². The van der Waals surface area contributed by atoms with Crippen molar-refractivity contribution in [3.05, 3.63) is 34.3 Å². The van der Waals surface area contributed by atoms with Gasteiger partial charge in [-0.15, -0.1) is 0 Å². The molecule has 1 saturated carbocycles. The second-order valence-corrected chi connectivity index (χ2v) is 5.90. The Morgan fingerprint density at radius 2 is 2.28 bits per heavy atom. The minimum atomic E-state index is -0.360. The summed E-state index contributed by atoms with van der Waals surface area (Å²) in [5.41, 5.74) is 0.988. The Morgan fingerprint density at radius 1 is 1.56 bits per heavy atom. The Kier molecular flexibility index (Phi) is 4.40. The number of amides is 1. The summed E-state index contributed by atoms with van der Waals surface area (Å²) in [4.78, 5) is 13.6. The van der Waals surface area contributed by atoms with Crippen molar-refractivity contribution in [2.45, 2.75) is 25.4 Å². The number of aliphatic hydroxyl groups is 1. The highest BCUT2D eigenvalue weighted by Gasteiger charge is 2.31. The quantitative estimate of drug-likeness (QED) is 0.906. The highest BCUT2D eigenvalue weighted by Crippen LogP contribution is 2.32. The lowest BCUT2D eigenvalue weighted by Crippen LogP contribution is -2.36. The summed E-state index contributed by atoms with van der Waals surface area (Å²) in [6.45, 7) is 0.442. The van der Waals surface area contributed by atoms with E-state index in [9.17, 15) is 9.90 Å². The second kappa shape index (κ2) is 5.85. The Labute approximate surface area is 116 Å². The molecule has 1 amide bonds. The second-order valence-electron chi connectivity index (χ2n) is 4.99. The van der Waals surface area contributed by atoms with Crippen LogP contribution in [-0.2, 0) is 11.2 Å². The highest BCUT2D eigenvalue weighted by molar-refractivity contribution is 9.10. The zero-order valence-corrected chi connectivity index (χ0v) is 12.1. The van der Waals surface area contributed by atoms with E-state index in [1.807, 2.05) is 24.3 Å². The molecule has 18 heavy (non-hydrogen) atoms. The fourth-order valence-electron chi connectivity index (χ4n) is 1.97. The highest BCUT2D eigenvalue weighted by atomic mass is 79.9. The molecule has 0 aliphatic heterocycles. The van der Waals surface area contributed by atoms with Gasteiger partial charge in [-0.3, -0.25) is 4.79 Å². The van der Waals surface area contributed by atoms with Gasteiger partial charge in [0, 0.05) is 18.1 Å². The summed E-state index contributed by atoms with van der Waals surface area (Å²) in [7, 11) is 1.76. The van der Waals surface area contributed by atoms with Crippen molar-refractivity contribution in [2.24, 2.45) is 5.92 Å². The van der Waals surface area contributed by atoms with Crippen LogP contribution in [0.2, 0.25) is 0 Å². The largest absolute Gasteiger partial charge is 0.391 e. The van der Waals surface area contributed by atoms with Crippen molar-refractivity contribution < 1.29 is 9.90 Å². The van der Waals surface area contributed by atoms with E-state index < -0.39 is 0 Å². The Morgan fingerprint density at radius 3 is 2.89 bits per heavy atom. The zero-order valence-electron chi connectivity index (χ0n) is 10.5. The normalized spacial score (nSPS) is 16.4. The summed E-state index contributed by atoms with van der Waals surface area (Å²) in [6, 6.07) is 7.75. The van der Waals surface area contributed by atoms with Crippen molar-refractivity contribution in [2.75, 3.05) is 13.6 Å². The molecular formula is C14H18BrNO2. The topological polar surface area (TPSA) is 40.5 Å². The van der Waals surface area contributed by atoms with Crippen LogP contribution in [0.3, 0.4) is 0 Å². The van der Waals surface area contributed by atoms with Gasteiger partial charge >= 0.3 is 0 Å². The number of carbonyl (C=O) groups excluding carboxylic acids is 1. The van der Waals surface area contributed by atoms with Gasteiger partial charge in [0.1, 0.15) is 0 Å². The van der Waals surface area contributed by atoms with E-state index in [1.54, 1.807) is 11.9 Å². The third-order valence-electron chi connectivity index (χ3n) is 3.30. The van der Waals surface area contributed by atoms with Crippen LogP contribution < -0.4 is 0 Å². The lowest BCUT2D eigenvalue weighted by molar-refractivity contribution is -0.130. The van der Waals surface area contributed by atoms with Gasteiger partial charge in [-0.05, 0) is 36.5 Å². The first kappa shape index (κ1) is 13.6. The van der Waals surface area contributed by atoms with Crippen LogP contribution in [0.4, 0.5) is 0 Å². The Bertz CT molecular complexity index is 432. The summed E-state index contributed by atoms with van der Waals surface area (Å²) < 4.78 is 0.980. The lowest BCUT2D eigenvalue weighted by atomic mass is 10.1. The molecule has 0 heterocycles. The van der Waals surface area contributed by atoms with Crippen molar-refractivity contribution in [1.29, 1.82) is 0 Å². The number of hydrogen-bond donors (Lipinski definition) is 1. The van der Waals surface area contributed by atoms with Gasteiger partial charge in [0.25, 0.3) is 0 Å². The number of carbonyl (C=O) groups is 1. The maximum Gasteiger partial charge on any atom is 0.226 e. The van der Waals surface area contributed by atoms with Crippen LogP contribution in [0.5, 0.6) is 0 Å². The molecule has 1 aliphatic carbocycles. The third-order valence-corrected chi connectivity index (χ3v) is 3.79. The van der Waals surface area contributed by atoms with Crippen molar-refractivity contribution in [3.63, 3.8) is 0 Å². The molecule has 1 N–H and O–H groups in total. The molecule has 1 aromatic carbocycles. The van der Waals surface area contributed by atoms with Crippen molar-refractivity contribution in [3.8, 4) is 0 Å². The van der Waals surface area contributed by atoms with Gasteiger partial charge in [0.15, 0.2) is 0 Å². The molecule has 0 spiro atoms. The Balaban J connectivity index is 1.86. The van der Waals surface area contributed by atoms with Crippen molar-refractivity contribution >= 4 is 21.8 Å². The van der Waals surface area contributed by atoms with E-state index in [0.717, 1.165) is 22.9 Å². The molecule has 0 aromatic heterocycles. The molecular weight excluding hydrogens is 294 g/mol. The number of benzene rings is 1. The minimum Gasteiger partial charge on any atom is -0.391 e. The van der Waals surface area contributed by atoms with E-state index in [1.165, 1.54) is 0 Å². The van der Waals surface area contributed by atoms with Gasteiger partial charge < -0.3 is 10.0 Å². The van der Waals surface area contributed by atoms with Crippen LogP contribution in [0.15, 0.2) is 28.7 Å². The molecule has 0 radical (unpaired) electrons. The van der Waals surface area contributed by atoms with E-state index in [0.29, 0.717) is 18.9 Å². The summed E-state index contributed by atoms with van der Waals surface area (Å²) in [5, 5.41) is 9.82. The van der Waals surface area contributed by atoms with E-state index in [4.69, 9.17) is 0 Å². The van der Waals surface area contributed by atoms with Gasteiger partial charge in [-0.1, -0.05) is 28.1 Å². The van der Waals surface area contributed by atoms with E-state index in [2.05, 4.69) is 15.9 Å². The molecule has 1 unspecified atom stereocenters. The maximum absolute atomic E-state index is 12.0. The molecule has 4 heteroatoms. The molecule has 3 nitrogen and oxygen atoms in total. The number of aliphatic hydroxyl groups excluding tert-OH is 1. The summed E-state index contributed by atoms with van der Waals surface area (Å²) in [5.74, 6) is 0.457. The van der Waals surface area contributed by atoms with Gasteiger partial charge in [-0.2, -0.15) is 0 Å². The molecule has 0 saturated heterocycles. The average molecular weight is 312 g/mol. The number of likely N-dealkylation sites (N-methyl/N-ethyl adjacent to an activating group) is 1. The molecule has 1 fully saturated rings.